The molecule has 0 radical (unpaired) electrons. The summed E-state index contributed by atoms with van der Waals surface area (Å²) in [5.74, 6) is -0.826. The first-order valence-corrected chi connectivity index (χ1v) is 10.4. The Hall–Kier alpha value is -2.00. The number of carbonyl (C=O) groups excluding carboxylic acids is 2. The van der Waals surface area contributed by atoms with Gasteiger partial charge >= 0.3 is 0 Å². The fourth-order valence-corrected chi connectivity index (χ4v) is 4.86. The highest BCUT2D eigenvalue weighted by molar-refractivity contribution is 7.91. The van der Waals surface area contributed by atoms with Crippen molar-refractivity contribution < 1.29 is 27.3 Å². The number of quaternary nitrogens is 1. The average Bonchev–Trinajstić information content (AvgIpc) is 2.87. The van der Waals surface area contributed by atoms with Gasteiger partial charge in [0.15, 0.2) is 22.9 Å². The van der Waals surface area contributed by atoms with Gasteiger partial charge in [-0.2, -0.15) is 0 Å². The average molecular weight is 386 g/mol. The van der Waals surface area contributed by atoms with Crippen molar-refractivity contribution in [3.63, 3.8) is 0 Å². The SMILES string of the molecule is CCN(C(=O)C[NH+](C)CC(=O)Nc1cccc(F)c1)[C@@H]1CCS(=O)(=O)C1. The first kappa shape index (κ1) is 20.3. The molecule has 2 N–H and O–H groups in total. The minimum Gasteiger partial charge on any atom is -0.334 e. The quantitative estimate of drug-likeness (QED) is 0.650. The zero-order valence-corrected chi connectivity index (χ0v) is 15.8. The van der Waals surface area contributed by atoms with Crippen LogP contribution >= 0.6 is 0 Å². The second-order valence-electron chi connectivity index (χ2n) is 6.61. The zero-order valence-electron chi connectivity index (χ0n) is 15.0. The van der Waals surface area contributed by atoms with E-state index in [1.165, 1.54) is 18.2 Å². The Morgan fingerprint density at radius 3 is 2.65 bits per heavy atom. The van der Waals surface area contributed by atoms with Crippen LogP contribution in [0.1, 0.15) is 13.3 Å². The Kier molecular flexibility index (Phi) is 6.71. The Morgan fingerprint density at radius 2 is 2.08 bits per heavy atom. The molecule has 0 aromatic heterocycles. The summed E-state index contributed by atoms with van der Waals surface area (Å²) >= 11 is 0. The van der Waals surface area contributed by atoms with Crippen LogP contribution in [0.4, 0.5) is 10.1 Å². The monoisotopic (exact) mass is 386 g/mol. The van der Waals surface area contributed by atoms with Crippen molar-refractivity contribution in [1.82, 2.24) is 4.90 Å². The third-order valence-corrected chi connectivity index (χ3v) is 6.08. The number of hydrogen-bond acceptors (Lipinski definition) is 4. The molecular formula is C17H25FN3O4S+. The highest BCUT2D eigenvalue weighted by atomic mass is 32.2. The van der Waals surface area contributed by atoms with Gasteiger partial charge in [0.2, 0.25) is 0 Å². The van der Waals surface area contributed by atoms with Gasteiger partial charge < -0.3 is 15.1 Å². The molecule has 26 heavy (non-hydrogen) atoms. The van der Waals surface area contributed by atoms with E-state index in [9.17, 15) is 22.4 Å². The van der Waals surface area contributed by atoms with Gasteiger partial charge in [0.1, 0.15) is 5.82 Å². The van der Waals surface area contributed by atoms with Crippen molar-refractivity contribution in [2.24, 2.45) is 0 Å². The number of anilines is 1. The summed E-state index contributed by atoms with van der Waals surface area (Å²) in [4.78, 5) is 26.8. The Bertz CT molecular complexity index is 769. The van der Waals surface area contributed by atoms with Crippen LogP contribution in [0.15, 0.2) is 24.3 Å². The largest absolute Gasteiger partial charge is 0.334 e. The summed E-state index contributed by atoms with van der Waals surface area (Å²) in [6.45, 7) is 2.38. The van der Waals surface area contributed by atoms with Gasteiger partial charge in [0, 0.05) is 18.3 Å². The van der Waals surface area contributed by atoms with E-state index in [1.807, 2.05) is 6.92 Å². The molecule has 1 aliphatic rings. The molecule has 2 atom stereocenters. The first-order valence-electron chi connectivity index (χ1n) is 8.57. The molecule has 1 saturated heterocycles. The lowest BCUT2D eigenvalue weighted by molar-refractivity contribution is -0.862. The van der Waals surface area contributed by atoms with Gasteiger partial charge in [-0.1, -0.05) is 6.07 Å². The Balaban J connectivity index is 1.86. The molecule has 0 bridgehead atoms. The maximum Gasteiger partial charge on any atom is 0.279 e. The number of amides is 2. The van der Waals surface area contributed by atoms with Crippen LogP contribution in [0.25, 0.3) is 0 Å². The molecule has 2 amide bonds. The lowest BCUT2D eigenvalue weighted by Gasteiger charge is -2.27. The highest BCUT2D eigenvalue weighted by Crippen LogP contribution is 2.17. The fourth-order valence-electron chi connectivity index (χ4n) is 3.13. The van der Waals surface area contributed by atoms with Crippen LogP contribution in [0, 0.1) is 5.82 Å². The van der Waals surface area contributed by atoms with Gasteiger partial charge in [0.25, 0.3) is 11.8 Å². The maximum atomic E-state index is 13.1. The molecule has 1 heterocycles. The molecule has 1 fully saturated rings. The van der Waals surface area contributed by atoms with E-state index in [1.54, 1.807) is 18.0 Å². The number of benzene rings is 1. The molecule has 0 aliphatic carbocycles. The van der Waals surface area contributed by atoms with Crippen LogP contribution in [0.3, 0.4) is 0 Å². The smallest absolute Gasteiger partial charge is 0.279 e. The molecule has 1 aromatic carbocycles. The van der Waals surface area contributed by atoms with Crippen LogP contribution in [0.2, 0.25) is 0 Å². The van der Waals surface area contributed by atoms with E-state index in [4.69, 9.17) is 0 Å². The molecular weight excluding hydrogens is 361 g/mol. The standard InChI is InChI=1S/C17H24FN3O4S/c1-3-21(15-7-8-26(24,25)12-15)17(23)11-20(2)10-16(22)19-14-6-4-5-13(18)9-14/h4-6,9,15H,3,7-8,10-12H2,1-2H3,(H,19,22)/p+1/t15-/m1/s1. The first-order chi connectivity index (χ1) is 12.2. The predicted octanol–water partition coefficient (Wildman–Crippen LogP) is -0.685. The van der Waals surface area contributed by atoms with E-state index >= 15 is 0 Å². The lowest BCUT2D eigenvalue weighted by atomic mass is 10.2. The van der Waals surface area contributed by atoms with Crippen LogP contribution < -0.4 is 10.2 Å². The van der Waals surface area contributed by atoms with Crippen molar-refractivity contribution >= 4 is 27.3 Å². The minimum atomic E-state index is -3.07. The lowest BCUT2D eigenvalue weighted by Crippen LogP contribution is -3.11. The molecule has 0 spiro atoms. The summed E-state index contributed by atoms with van der Waals surface area (Å²) < 4.78 is 36.4. The van der Waals surface area contributed by atoms with E-state index in [2.05, 4.69) is 5.32 Å². The number of hydrogen-bond donors (Lipinski definition) is 2. The summed E-state index contributed by atoms with van der Waals surface area (Å²) in [7, 11) is -1.35. The molecule has 0 saturated carbocycles. The molecule has 144 valence electrons. The van der Waals surface area contributed by atoms with E-state index < -0.39 is 15.7 Å². The van der Waals surface area contributed by atoms with Crippen LogP contribution in [-0.2, 0) is 19.4 Å². The summed E-state index contributed by atoms with van der Waals surface area (Å²) in [6.07, 6.45) is 0.459. The number of halogens is 1. The Morgan fingerprint density at radius 1 is 1.35 bits per heavy atom. The number of likely N-dealkylation sites (N-methyl/N-ethyl adjacent to an activating group) is 2. The number of rotatable bonds is 7. The number of carbonyl (C=O) groups is 2. The summed E-state index contributed by atoms with van der Waals surface area (Å²) in [5, 5.41) is 2.59. The fraction of sp³-hybridized carbons (Fsp3) is 0.529. The maximum absolute atomic E-state index is 13.1. The van der Waals surface area contributed by atoms with Crippen LogP contribution in [0.5, 0.6) is 0 Å². The predicted molar refractivity (Wildman–Crippen MR) is 96.1 cm³/mol. The zero-order chi connectivity index (χ0) is 19.3. The molecule has 7 nitrogen and oxygen atoms in total. The Labute approximate surface area is 153 Å². The summed E-state index contributed by atoms with van der Waals surface area (Å²) in [6, 6.07) is 5.30. The van der Waals surface area contributed by atoms with Gasteiger partial charge in [0.05, 0.1) is 18.6 Å². The highest BCUT2D eigenvalue weighted by Gasteiger charge is 2.34. The van der Waals surface area contributed by atoms with Gasteiger partial charge in [-0.25, -0.2) is 12.8 Å². The third kappa shape index (κ3) is 5.77. The number of sulfone groups is 1. The van der Waals surface area contributed by atoms with Crippen LogP contribution in [-0.4, -0.2) is 69.4 Å². The molecule has 1 unspecified atom stereocenters. The van der Waals surface area contributed by atoms with Crippen molar-refractivity contribution in [3.05, 3.63) is 30.1 Å². The molecule has 2 rings (SSSR count). The second kappa shape index (κ2) is 8.59. The minimum absolute atomic E-state index is 0.00564. The van der Waals surface area contributed by atoms with Gasteiger partial charge in [-0.15, -0.1) is 0 Å². The van der Waals surface area contributed by atoms with Gasteiger partial charge in [-0.3, -0.25) is 9.59 Å². The second-order valence-corrected chi connectivity index (χ2v) is 8.83. The van der Waals surface area contributed by atoms with Crippen molar-refractivity contribution in [3.8, 4) is 0 Å². The normalized spacial score (nSPS) is 19.7. The van der Waals surface area contributed by atoms with Crippen molar-refractivity contribution in [1.29, 1.82) is 0 Å². The third-order valence-electron chi connectivity index (χ3n) is 4.33. The van der Waals surface area contributed by atoms with E-state index in [0.717, 1.165) is 0 Å². The summed E-state index contributed by atoms with van der Waals surface area (Å²) in [5.41, 5.74) is 0.362. The molecule has 1 aromatic rings. The van der Waals surface area contributed by atoms with Crippen molar-refractivity contribution in [2.75, 3.05) is 43.5 Å². The van der Waals surface area contributed by atoms with Crippen molar-refractivity contribution in [2.45, 2.75) is 19.4 Å². The number of nitrogens with one attached hydrogen (secondary N) is 2. The van der Waals surface area contributed by atoms with E-state index in [-0.39, 0.29) is 42.5 Å². The van der Waals surface area contributed by atoms with Gasteiger partial charge in [-0.05, 0) is 31.5 Å². The topological polar surface area (TPSA) is 88.0 Å². The number of nitrogens with zero attached hydrogens (tertiary/aromatic N) is 1. The molecule has 9 heteroatoms. The molecule has 1 aliphatic heterocycles. The van der Waals surface area contributed by atoms with E-state index in [0.29, 0.717) is 23.6 Å².